The Morgan fingerprint density at radius 1 is 1.57 bits per heavy atom. The van der Waals surface area contributed by atoms with Gasteiger partial charge in [0.25, 0.3) is 11.2 Å². The zero-order valence-electron chi connectivity index (χ0n) is 12.1. The molecule has 0 aromatic carbocycles. The van der Waals surface area contributed by atoms with E-state index in [9.17, 15) is 19.7 Å². The molecular formula is C14H12N4O5. The molecule has 23 heavy (non-hydrogen) atoms. The lowest BCUT2D eigenvalue weighted by atomic mass is 10.2. The third-order valence-corrected chi connectivity index (χ3v) is 3.11. The Labute approximate surface area is 130 Å². The standard InChI is InChI=1S/C14H12N4O5/c1-16(8-12-3-2-4-23-12)13(19)9-17-7-11(18(21)22)5-10(6-15)14(17)20/h2-5,7H,8-9H2,1H3. The van der Waals surface area contributed by atoms with Crippen molar-refractivity contribution in [2.75, 3.05) is 7.05 Å². The molecule has 0 aliphatic heterocycles. The van der Waals surface area contributed by atoms with Gasteiger partial charge in [0.15, 0.2) is 0 Å². The van der Waals surface area contributed by atoms with Crippen LogP contribution in [-0.2, 0) is 17.9 Å². The summed E-state index contributed by atoms with van der Waals surface area (Å²) in [4.78, 5) is 35.5. The molecule has 0 radical (unpaired) electrons. The molecule has 2 aromatic heterocycles. The topological polar surface area (TPSA) is 122 Å². The summed E-state index contributed by atoms with van der Waals surface area (Å²) in [5.41, 5.74) is -1.57. The number of amides is 1. The number of pyridine rings is 1. The van der Waals surface area contributed by atoms with Crippen molar-refractivity contribution in [3.63, 3.8) is 0 Å². The number of nitriles is 1. The average molecular weight is 316 g/mol. The highest BCUT2D eigenvalue weighted by molar-refractivity contribution is 5.75. The lowest BCUT2D eigenvalue weighted by Crippen LogP contribution is -2.34. The van der Waals surface area contributed by atoms with E-state index in [1.165, 1.54) is 18.2 Å². The molecule has 0 bridgehead atoms. The lowest BCUT2D eigenvalue weighted by Gasteiger charge is -2.16. The van der Waals surface area contributed by atoms with Gasteiger partial charge in [0, 0.05) is 13.1 Å². The zero-order chi connectivity index (χ0) is 17.0. The summed E-state index contributed by atoms with van der Waals surface area (Å²) in [7, 11) is 1.51. The molecule has 9 heteroatoms. The molecule has 2 heterocycles. The van der Waals surface area contributed by atoms with Crippen LogP contribution < -0.4 is 5.56 Å². The van der Waals surface area contributed by atoms with Gasteiger partial charge >= 0.3 is 0 Å². The van der Waals surface area contributed by atoms with E-state index in [1.54, 1.807) is 18.2 Å². The van der Waals surface area contributed by atoms with Crippen molar-refractivity contribution in [2.24, 2.45) is 0 Å². The van der Waals surface area contributed by atoms with Crippen LogP contribution in [0.25, 0.3) is 0 Å². The number of nitro groups is 1. The van der Waals surface area contributed by atoms with Crippen LogP contribution in [0.2, 0.25) is 0 Å². The number of furan rings is 1. The van der Waals surface area contributed by atoms with E-state index in [4.69, 9.17) is 9.68 Å². The van der Waals surface area contributed by atoms with Crippen LogP contribution >= 0.6 is 0 Å². The molecule has 0 saturated heterocycles. The lowest BCUT2D eigenvalue weighted by molar-refractivity contribution is -0.385. The molecule has 0 aliphatic carbocycles. The fraction of sp³-hybridized carbons (Fsp3) is 0.214. The molecule has 0 spiro atoms. The van der Waals surface area contributed by atoms with Crippen LogP contribution in [0.3, 0.4) is 0 Å². The molecule has 0 fully saturated rings. The van der Waals surface area contributed by atoms with Crippen molar-refractivity contribution >= 4 is 11.6 Å². The normalized spacial score (nSPS) is 10.1. The summed E-state index contributed by atoms with van der Waals surface area (Å²) in [5.74, 6) is 0.109. The monoisotopic (exact) mass is 316 g/mol. The van der Waals surface area contributed by atoms with E-state index in [0.717, 1.165) is 16.8 Å². The Morgan fingerprint density at radius 3 is 2.87 bits per heavy atom. The number of nitrogens with zero attached hydrogens (tertiary/aromatic N) is 4. The molecule has 0 aliphatic rings. The van der Waals surface area contributed by atoms with Gasteiger partial charge in [0.2, 0.25) is 5.91 Å². The van der Waals surface area contributed by atoms with Crippen molar-refractivity contribution in [2.45, 2.75) is 13.1 Å². The van der Waals surface area contributed by atoms with Crippen LogP contribution in [0.5, 0.6) is 0 Å². The Morgan fingerprint density at radius 2 is 2.30 bits per heavy atom. The van der Waals surface area contributed by atoms with Crippen LogP contribution in [0.1, 0.15) is 11.3 Å². The summed E-state index contributed by atoms with van der Waals surface area (Å²) >= 11 is 0. The first-order valence-corrected chi connectivity index (χ1v) is 6.47. The maximum atomic E-state index is 12.1. The van der Waals surface area contributed by atoms with Crippen LogP contribution in [0.15, 0.2) is 39.9 Å². The number of rotatable bonds is 5. The highest BCUT2D eigenvalue weighted by Crippen LogP contribution is 2.10. The molecule has 0 saturated carbocycles. The van der Waals surface area contributed by atoms with E-state index >= 15 is 0 Å². The van der Waals surface area contributed by atoms with Crippen LogP contribution in [0, 0.1) is 21.4 Å². The number of hydrogen-bond acceptors (Lipinski definition) is 6. The van der Waals surface area contributed by atoms with Gasteiger partial charge < -0.3 is 9.32 Å². The second kappa shape index (κ2) is 6.57. The maximum absolute atomic E-state index is 12.1. The van der Waals surface area contributed by atoms with Crippen molar-refractivity contribution in [1.29, 1.82) is 5.26 Å². The zero-order valence-corrected chi connectivity index (χ0v) is 12.1. The minimum atomic E-state index is -0.752. The number of hydrogen-bond donors (Lipinski definition) is 0. The molecule has 0 unspecified atom stereocenters. The van der Waals surface area contributed by atoms with Gasteiger partial charge in [-0.05, 0) is 12.1 Å². The van der Waals surface area contributed by atoms with Gasteiger partial charge in [-0.2, -0.15) is 5.26 Å². The highest BCUT2D eigenvalue weighted by atomic mass is 16.6. The Hall–Kier alpha value is -3.41. The van der Waals surface area contributed by atoms with Gasteiger partial charge in [-0.15, -0.1) is 0 Å². The van der Waals surface area contributed by atoms with Gasteiger partial charge in [-0.25, -0.2) is 0 Å². The first-order chi connectivity index (χ1) is 10.9. The molecule has 1 amide bonds. The Bertz CT molecular complexity index is 832. The number of carbonyl (C=O) groups excluding carboxylic acids is 1. The highest BCUT2D eigenvalue weighted by Gasteiger charge is 2.17. The number of likely N-dealkylation sites (N-methyl/N-ethyl adjacent to an activating group) is 1. The first-order valence-electron chi connectivity index (χ1n) is 6.47. The van der Waals surface area contributed by atoms with Gasteiger partial charge in [-0.3, -0.25) is 24.3 Å². The summed E-state index contributed by atoms with van der Waals surface area (Å²) in [6.45, 7) is -0.215. The molecule has 118 valence electrons. The largest absolute Gasteiger partial charge is 0.467 e. The predicted molar refractivity (Wildman–Crippen MR) is 77.3 cm³/mol. The predicted octanol–water partition coefficient (Wildman–Crippen LogP) is 0.880. The molecular weight excluding hydrogens is 304 g/mol. The van der Waals surface area contributed by atoms with Crippen molar-refractivity contribution in [1.82, 2.24) is 9.47 Å². The van der Waals surface area contributed by atoms with Crippen LogP contribution in [0.4, 0.5) is 5.69 Å². The minimum absolute atomic E-state index is 0.195. The molecule has 2 rings (SSSR count). The van der Waals surface area contributed by atoms with E-state index in [1.807, 2.05) is 0 Å². The SMILES string of the molecule is CN(Cc1ccco1)C(=O)Cn1cc([N+](=O)[O-])cc(C#N)c1=O. The number of carbonyl (C=O) groups is 1. The van der Waals surface area contributed by atoms with E-state index in [-0.39, 0.29) is 12.1 Å². The quantitative estimate of drug-likeness (QED) is 0.596. The Kier molecular flexibility index (Phi) is 4.56. The van der Waals surface area contributed by atoms with Crippen molar-refractivity contribution in [3.05, 3.63) is 62.5 Å². The van der Waals surface area contributed by atoms with Gasteiger partial charge in [0.05, 0.1) is 23.9 Å². The number of aromatic nitrogens is 1. The maximum Gasteiger partial charge on any atom is 0.287 e. The summed E-state index contributed by atoms with van der Waals surface area (Å²) in [6.07, 6.45) is 2.42. The summed E-state index contributed by atoms with van der Waals surface area (Å²) in [6, 6.07) is 5.85. The summed E-state index contributed by atoms with van der Waals surface area (Å²) < 4.78 is 5.98. The van der Waals surface area contributed by atoms with Crippen molar-refractivity contribution < 1.29 is 14.1 Å². The van der Waals surface area contributed by atoms with E-state index < -0.39 is 28.6 Å². The van der Waals surface area contributed by atoms with Crippen LogP contribution in [-0.4, -0.2) is 27.3 Å². The molecule has 9 nitrogen and oxygen atoms in total. The average Bonchev–Trinajstić information content (AvgIpc) is 3.01. The second-order valence-electron chi connectivity index (χ2n) is 4.74. The molecule has 2 aromatic rings. The smallest absolute Gasteiger partial charge is 0.287 e. The van der Waals surface area contributed by atoms with Gasteiger partial charge in [-0.1, -0.05) is 0 Å². The minimum Gasteiger partial charge on any atom is -0.467 e. The van der Waals surface area contributed by atoms with E-state index in [0.29, 0.717) is 5.76 Å². The third-order valence-electron chi connectivity index (χ3n) is 3.11. The Balaban J connectivity index is 2.23. The molecule has 0 atom stereocenters. The fourth-order valence-electron chi connectivity index (χ4n) is 1.91. The van der Waals surface area contributed by atoms with Crippen molar-refractivity contribution in [3.8, 4) is 6.07 Å². The summed E-state index contributed by atoms with van der Waals surface area (Å²) in [5, 5.41) is 19.7. The third kappa shape index (κ3) is 3.62. The first kappa shape index (κ1) is 16.0. The van der Waals surface area contributed by atoms with E-state index in [2.05, 4.69) is 0 Å². The second-order valence-corrected chi connectivity index (χ2v) is 4.74. The van der Waals surface area contributed by atoms with Gasteiger partial charge in [0.1, 0.15) is 23.9 Å². The molecule has 0 N–H and O–H groups in total. The fourth-order valence-corrected chi connectivity index (χ4v) is 1.91.